The number of nitrogens with one attached hydrogen (secondary N) is 1. The van der Waals surface area contributed by atoms with Crippen LogP contribution in [0.15, 0.2) is 48.5 Å². The van der Waals surface area contributed by atoms with E-state index in [1.165, 1.54) is 4.90 Å². The van der Waals surface area contributed by atoms with Gasteiger partial charge < -0.3 is 25.2 Å². The fourth-order valence-electron chi connectivity index (χ4n) is 4.89. The molecule has 180 valence electrons. The highest BCUT2D eigenvalue weighted by molar-refractivity contribution is 5.88. The number of carboxylic acid groups (broad SMARTS) is 1. The summed E-state index contributed by atoms with van der Waals surface area (Å²) in [7, 11) is 0. The monoisotopic (exact) mass is 466 g/mol. The number of hydrogen-bond donors (Lipinski definition) is 3. The molecule has 1 aliphatic heterocycles. The molecule has 0 spiro atoms. The summed E-state index contributed by atoms with van der Waals surface area (Å²) in [4.78, 5) is 38.5. The van der Waals surface area contributed by atoms with Crippen molar-refractivity contribution in [2.24, 2.45) is 5.41 Å². The van der Waals surface area contributed by atoms with Crippen molar-refractivity contribution < 1.29 is 29.3 Å². The van der Waals surface area contributed by atoms with E-state index < -0.39 is 35.5 Å². The Kier molecular flexibility index (Phi) is 6.61. The van der Waals surface area contributed by atoms with Gasteiger partial charge in [-0.25, -0.2) is 9.59 Å². The molecule has 1 fully saturated rings. The average molecular weight is 467 g/mol. The maximum absolute atomic E-state index is 13.2. The van der Waals surface area contributed by atoms with E-state index in [-0.39, 0.29) is 32.0 Å². The number of benzene rings is 2. The molecule has 3 atom stereocenters. The number of rotatable bonds is 7. The van der Waals surface area contributed by atoms with Crippen LogP contribution in [0.3, 0.4) is 0 Å². The van der Waals surface area contributed by atoms with Gasteiger partial charge in [-0.05, 0) is 35.6 Å². The number of nitrogens with zero attached hydrogens (tertiary/aromatic N) is 1. The second-order valence-electron chi connectivity index (χ2n) is 9.29. The van der Waals surface area contributed by atoms with Crippen LogP contribution in [0.1, 0.15) is 43.7 Å². The molecule has 1 aliphatic carbocycles. The summed E-state index contributed by atoms with van der Waals surface area (Å²) in [6.45, 7) is 3.62. The van der Waals surface area contributed by atoms with Crippen LogP contribution in [-0.2, 0) is 14.3 Å². The number of fused-ring (bicyclic) bond motifs is 3. The predicted octanol–water partition coefficient (Wildman–Crippen LogP) is 2.99. The van der Waals surface area contributed by atoms with E-state index in [0.29, 0.717) is 6.42 Å². The second kappa shape index (κ2) is 9.46. The third kappa shape index (κ3) is 4.37. The number of carbonyl (C=O) groups is 3. The number of ether oxygens (including phenoxy) is 1. The Morgan fingerprint density at radius 2 is 1.68 bits per heavy atom. The van der Waals surface area contributed by atoms with Crippen LogP contribution in [0.25, 0.3) is 11.1 Å². The largest absolute Gasteiger partial charge is 0.480 e. The number of β-amino-alcohol motifs (C(OH)–C–C–N with tert-alkyl or cyclic N) is 1. The lowest BCUT2D eigenvalue weighted by atomic mass is 9.85. The average Bonchev–Trinajstić information content (AvgIpc) is 3.39. The Balaban J connectivity index is 1.39. The lowest BCUT2D eigenvalue weighted by Crippen LogP contribution is -2.51. The molecule has 34 heavy (non-hydrogen) atoms. The zero-order chi connectivity index (χ0) is 24.5. The first kappa shape index (κ1) is 23.8. The van der Waals surface area contributed by atoms with Gasteiger partial charge >= 0.3 is 12.1 Å². The first-order valence-corrected chi connectivity index (χ1v) is 11.6. The van der Waals surface area contributed by atoms with Gasteiger partial charge in [0.15, 0.2) is 0 Å². The molecule has 8 heteroatoms. The Morgan fingerprint density at radius 1 is 1.09 bits per heavy atom. The molecule has 1 unspecified atom stereocenters. The van der Waals surface area contributed by atoms with E-state index in [1.54, 1.807) is 13.8 Å². The minimum Gasteiger partial charge on any atom is -0.480 e. The molecule has 8 nitrogen and oxygen atoms in total. The first-order chi connectivity index (χ1) is 16.2. The van der Waals surface area contributed by atoms with Crippen LogP contribution in [-0.4, -0.2) is 64.9 Å². The van der Waals surface area contributed by atoms with Crippen molar-refractivity contribution in [1.82, 2.24) is 10.2 Å². The van der Waals surface area contributed by atoms with Gasteiger partial charge in [0.1, 0.15) is 12.6 Å². The summed E-state index contributed by atoms with van der Waals surface area (Å²) in [5.41, 5.74) is 3.47. The fraction of sp³-hybridized carbons (Fsp3) is 0.423. The molecule has 0 radical (unpaired) electrons. The molecule has 0 saturated carbocycles. The van der Waals surface area contributed by atoms with E-state index in [4.69, 9.17) is 4.74 Å². The fourth-order valence-corrected chi connectivity index (χ4v) is 4.89. The molecule has 2 aromatic carbocycles. The van der Waals surface area contributed by atoms with Crippen molar-refractivity contribution in [2.45, 2.75) is 44.8 Å². The van der Waals surface area contributed by atoms with Crippen molar-refractivity contribution in [2.75, 3.05) is 19.7 Å². The number of aliphatic hydroxyl groups is 1. The van der Waals surface area contributed by atoms with E-state index >= 15 is 0 Å². The smallest absolute Gasteiger partial charge is 0.407 e. The van der Waals surface area contributed by atoms with Crippen LogP contribution in [0.5, 0.6) is 0 Å². The van der Waals surface area contributed by atoms with Crippen molar-refractivity contribution in [3.63, 3.8) is 0 Å². The Morgan fingerprint density at radius 3 is 2.24 bits per heavy atom. The number of carbonyl (C=O) groups excluding carboxylic acids is 2. The van der Waals surface area contributed by atoms with Gasteiger partial charge in [0.25, 0.3) is 0 Å². The third-order valence-corrected chi connectivity index (χ3v) is 7.09. The van der Waals surface area contributed by atoms with Gasteiger partial charge in [-0.3, -0.25) is 4.79 Å². The molecule has 0 aromatic heterocycles. The Labute approximate surface area is 198 Å². The van der Waals surface area contributed by atoms with Gasteiger partial charge in [0.2, 0.25) is 5.91 Å². The first-order valence-electron chi connectivity index (χ1n) is 11.6. The number of likely N-dealkylation sites (tertiary alicyclic amines) is 1. The maximum Gasteiger partial charge on any atom is 0.407 e. The predicted molar refractivity (Wildman–Crippen MR) is 125 cm³/mol. The van der Waals surface area contributed by atoms with Gasteiger partial charge in [0, 0.05) is 25.4 Å². The molecule has 2 amide bonds. The zero-order valence-electron chi connectivity index (χ0n) is 19.4. The normalized spacial score (nSPS) is 20.9. The summed E-state index contributed by atoms with van der Waals surface area (Å²) in [5, 5.41) is 22.0. The van der Waals surface area contributed by atoms with Gasteiger partial charge in [0.05, 0.1) is 11.5 Å². The third-order valence-electron chi connectivity index (χ3n) is 7.09. The number of aliphatic hydroxyl groups excluding tert-OH is 1. The Bertz CT molecular complexity index is 1060. The van der Waals surface area contributed by atoms with Crippen molar-refractivity contribution >= 4 is 18.0 Å². The number of amides is 2. The zero-order valence-corrected chi connectivity index (χ0v) is 19.4. The van der Waals surface area contributed by atoms with E-state index in [2.05, 4.69) is 17.4 Å². The van der Waals surface area contributed by atoms with E-state index in [1.807, 2.05) is 36.4 Å². The quantitative estimate of drug-likeness (QED) is 0.578. The number of carboxylic acids is 1. The second-order valence-corrected chi connectivity index (χ2v) is 9.29. The lowest BCUT2D eigenvalue weighted by molar-refractivity contribution is -0.152. The highest BCUT2D eigenvalue weighted by Crippen LogP contribution is 2.44. The molecule has 1 heterocycles. The van der Waals surface area contributed by atoms with Gasteiger partial charge in [-0.2, -0.15) is 0 Å². The minimum absolute atomic E-state index is 0.000669. The van der Waals surface area contributed by atoms with Crippen molar-refractivity contribution in [3.05, 3.63) is 59.7 Å². The molecular formula is C26H30N2O6. The van der Waals surface area contributed by atoms with Crippen LogP contribution < -0.4 is 5.32 Å². The van der Waals surface area contributed by atoms with Gasteiger partial charge in [-0.1, -0.05) is 55.5 Å². The molecule has 0 bridgehead atoms. The van der Waals surface area contributed by atoms with E-state index in [0.717, 1.165) is 22.3 Å². The Hall–Kier alpha value is -3.39. The molecule has 2 aromatic rings. The van der Waals surface area contributed by atoms with Crippen LogP contribution >= 0.6 is 0 Å². The topological polar surface area (TPSA) is 116 Å². The summed E-state index contributed by atoms with van der Waals surface area (Å²) in [5.74, 6) is -1.62. The summed E-state index contributed by atoms with van der Waals surface area (Å²) >= 11 is 0. The number of alkyl carbamates (subject to hydrolysis) is 1. The summed E-state index contributed by atoms with van der Waals surface area (Å²) < 4.78 is 5.55. The molecule has 2 aliphatic rings. The highest BCUT2D eigenvalue weighted by Gasteiger charge is 2.45. The van der Waals surface area contributed by atoms with Gasteiger partial charge in [-0.15, -0.1) is 0 Å². The molecule has 1 saturated heterocycles. The van der Waals surface area contributed by atoms with Crippen LogP contribution in [0.4, 0.5) is 4.79 Å². The SMILES string of the molecule is CCC(C)(CNC(=O)OCC1c2ccccc2-c2ccccc21)C(=O)N1C[C@H](O)C[C@@H]1C(=O)O. The lowest BCUT2D eigenvalue weighted by Gasteiger charge is -2.33. The minimum atomic E-state index is -1.15. The summed E-state index contributed by atoms with van der Waals surface area (Å²) in [6, 6.07) is 15.0. The van der Waals surface area contributed by atoms with Crippen molar-refractivity contribution in [1.29, 1.82) is 0 Å². The standard InChI is InChI=1S/C26H30N2O6/c1-3-26(2,24(32)28-13-16(29)12-22(28)23(30)31)15-27-25(33)34-14-21-19-10-6-4-8-17(19)18-9-5-7-11-20(18)21/h4-11,16,21-22,29H,3,12-15H2,1-2H3,(H,27,33)(H,30,31)/t16-,22-,26?/m1/s1. The van der Waals surface area contributed by atoms with Crippen LogP contribution in [0.2, 0.25) is 0 Å². The van der Waals surface area contributed by atoms with Crippen LogP contribution in [0, 0.1) is 5.41 Å². The molecule has 4 rings (SSSR count). The number of hydrogen-bond acceptors (Lipinski definition) is 5. The maximum atomic E-state index is 13.2. The highest BCUT2D eigenvalue weighted by atomic mass is 16.5. The van der Waals surface area contributed by atoms with E-state index in [9.17, 15) is 24.6 Å². The number of aliphatic carboxylic acids is 1. The van der Waals surface area contributed by atoms with Crippen molar-refractivity contribution in [3.8, 4) is 11.1 Å². The summed E-state index contributed by atoms with van der Waals surface area (Å²) in [6.07, 6.45) is -1.12. The molecular weight excluding hydrogens is 436 g/mol. The molecule has 3 N–H and O–H groups in total.